The van der Waals surface area contributed by atoms with E-state index in [0.29, 0.717) is 92.1 Å². The first kappa shape index (κ1) is 73.0. The van der Waals surface area contributed by atoms with Crippen molar-refractivity contribution in [2.75, 3.05) is 53.4 Å². The maximum absolute atomic E-state index is 15.8. The summed E-state index contributed by atoms with van der Waals surface area (Å²) in [5.74, 6) is -0.0673. The maximum atomic E-state index is 15.8. The second-order valence-electron chi connectivity index (χ2n) is 26.2. The highest BCUT2D eigenvalue weighted by atomic mass is 35.5. The zero-order chi connectivity index (χ0) is 70.1. The third-order valence-corrected chi connectivity index (χ3v) is 19.5. The number of pyridine rings is 4. The van der Waals surface area contributed by atoms with Gasteiger partial charge in [-0.3, -0.25) is 44.1 Å². The lowest BCUT2D eigenvalue weighted by molar-refractivity contribution is -0.143. The number of carbonyl (C=O) groups excluding carboxylic acids is 4. The van der Waals surface area contributed by atoms with Crippen LogP contribution < -0.4 is 10.1 Å². The quantitative estimate of drug-likeness (QED) is 0.0228. The number of nitrogens with zero attached hydrogens (tertiary/aromatic N) is 8. The summed E-state index contributed by atoms with van der Waals surface area (Å²) in [5, 5.41) is 4.21. The lowest BCUT2D eigenvalue weighted by Gasteiger charge is -2.40. The number of benzene rings is 5. The van der Waals surface area contributed by atoms with Gasteiger partial charge in [0, 0.05) is 106 Å². The minimum Gasteiger partial charge on any atom is -0.473 e. The Hall–Kier alpha value is -9.20. The van der Waals surface area contributed by atoms with Crippen LogP contribution in [-0.2, 0) is 87.0 Å². The molecule has 0 spiro atoms. The van der Waals surface area contributed by atoms with Crippen LogP contribution in [0.3, 0.4) is 0 Å². The van der Waals surface area contributed by atoms with E-state index in [0.717, 1.165) is 108 Å². The maximum Gasteiger partial charge on any atom is 0.337 e. The second-order valence-corrected chi connectivity index (χ2v) is 27.1. The van der Waals surface area contributed by atoms with Gasteiger partial charge < -0.3 is 34.1 Å². The molecule has 4 heterocycles. The molecule has 9 aromatic rings. The van der Waals surface area contributed by atoms with Crippen molar-refractivity contribution < 1.29 is 38.1 Å². The molecular weight excluding hydrogens is 1310 g/mol. The molecule has 4 aromatic heterocycles. The molecule has 1 N–H and O–H groups in total. The minimum atomic E-state index is -0.815. The van der Waals surface area contributed by atoms with Crippen molar-refractivity contribution in [1.82, 2.24) is 44.9 Å². The first-order valence-electron chi connectivity index (χ1n) is 35.0. The summed E-state index contributed by atoms with van der Waals surface area (Å²) in [6.45, 7) is 5.58. The Morgan fingerprint density at radius 1 is 0.436 bits per heavy atom. The number of aromatic nitrogens is 4. The number of esters is 1. The lowest BCUT2D eigenvalue weighted by Crippen LogP contribution is -2.49. The Labute approximate surface area is 603 Å². The van der Waals surface area contributed by atoms with E-state index in [-0.39, 0.29) is 64.0 Å². The van der Waals surface area contributed by atoms with E-state index in [4.69, 9.17) is 62.1 Å². The Morgan fingerprint density at radius 2 is 0.851 bits per heavy atom. The summed E-state index contributed by atoms with van der Waals surface area (Å²) in [5.41, 5.74) is 8.75. The number of carbonyl (C=O) groups is 4. The van der Waals surface area contributed by atoms with Crippen molar-refractivity contribution in [2.45, 2.75) is 127 Å². The van der Waals surface area contributed by atoms with Crippen LogP contribution in [-0.4, -0.2) is 117 Å². The number of hydrogen-bond acceptors (Lipinski definition) is 14. The third kappa shape index (κ3) is 20.7. The molecule has 11 rings (SSSR count). The van der Waals surface area contributed by atoms with Crippen LogP contribution in [0.4, 0.5) is 0 Å². The SMILES string of the molecule is COC(=O)c1ccc(CN(CCOCCOCCNC(=O)c2ccc(CN(COc3cc(CN(Cc4ccccn4)Cc4ccccn4)cc(CN(Cc4ccccn4)Cc4ccccn4)c3)C(=O)C3(c4ccc(Cl)cc4)CCCCC3)cc2)C(=O)C2(c3ccc(Cl)cc3)CCCCC2)cc1. The lowest BCUT2D eigenvalue weighted by atomic mass is 9.68. The molecule has 3 amide bonds. The summed E-state index contributed by atoms with van der Waals surface area (Å²) in [6, 6.07) is 60.2. The zero-order valence-electron chi connectivity index (χ0n) is 57.5. The van der Waals surface area contributed by atoms with Crippen molar-refractivity contribution in [2.24, 2.45) is 0 Å². The molecule has 0 unspecified atom stereocenters. The molecule has 2 aliphatic rings. The van der Waals surface area contributed by atoms with Crippen LogP contribution in [0, 0.1) is 0 Å². The van der Waals surface area contributed by atoms with Gasteiger partial charge in [0.1, 0.15) is 5.75 Å². The van der Waals surface area contributed by atoms with Gasteiger partial charge in [0.15, 0.2) is 6.73 Å². The highest BCUT2D eigenvalue weighted by Crippen LogP contribution is 2.44. The fourth-order valence-corrected chi connectivity index (χ4v) is 14.2. The molecule has 17 nitrogen and oxygen atoms in total. The van der Waals surface area contributed by atoms with E-state index in [9.17, 15) is 14.4 Å². The Morgan fingerprint density at radius 3 is 1.28 bits per heavy atom. The van der Waals surface area contributed by atoms with E-state index >= 15 is 4.79 Å². The van der Waals surface area contributed by atoms with Gasteiger partial charge in [-0.15, -0.1) is 0 Å². The number of ether oxygens (including phenoxy) is 4. The fourth-order valence-electron chi connectivity index (χ4n) is 13.9. The van der Waals surface area contributed by atoms with E-state index in [1.54, 1.807) is 24.3 Å². The Bertz CT molecular complexity index is 3870. The number of nitrogens with one attached hydrogen (secondary N) is 1. The van der Waals surface area contributed by atoms with Gasteiger partial charge in [-0.1, -0.05) is 141 Å². The number of amides is 3. The first-order valence-corrected chi connectivity index (χ1v) is 35.8. The van der Waals surface area contributed by atoms with Gasteiger partial charge in [0.25, 0.3) is 5.91 Å². The van der Waals surface area contributed by atoms with Crippen molar-refractivity contribution >= 4 is 46.9 Å². The molecule has 0 atom stereocenters. The van der Waals surface area contributed by atoms with Crippen LogP contribution >= 0.6 is 23.2 Å². The third-order valence-electron chi connectivity index (χ3n) is 19.0. The van der Waals surface area contributed by atoms with E-state index in [1.165, 1.54) is 7.11 Å². The number of halogens is 2. The smallest absolute Gasteiger partial charge is 0.337 e. The van der Waals surface area contributed by atoms with E-state index in [2.05, 4.69) is 33.3 Å². The van der Waals surface area contributed by atoms with Gasteiger partial charge in [-0.25, -0.2) is 4.79 Å². The largest absolute Gasteiger partial charge is 0.473 e. The van der Waals surface area contributed by atoms with Crippen molar-refractivity contribution in [1.29, 1.82) is 0 Å². The molecule has 2 fully saturated rings. The van der Waals surface area contributed by atoms with Crippen LogP contribution in [0.5, 0.6) is 5.75 Å². The molecule has 2 aliphatic carbocycles. The number of rotatable bonds is 34. The average molecular weight is 1400 g/mol. The van der Waals surface area contributed by atoms with Gasteiger partial charge in [-0.05, 0) is 168 Å². The molecule has 0 aliphatic heterocycles. The molecule has 524 valence electrons. The fraction of sp³-hybridized carbons (Fsp3) is 0.341. The Balaban J connectivity index is 0.761. The van der Waals surface area contributed by atoms with Gasteiger partial charge in [-0.2, -0.15) is 0 Å². The van der Waals surface area contributed by atoms with Gasteiger partial charge in [0.05, 0.1) is 72.7 Å². The van der Waals surface area contributed by atoms with E-state index < -0.39 is 16.8 Å². The first-order chi connectivity index (χ1) is 49.4. The minimum absolute atomic E-state index is 0.0346. The Kier molecular flexibility index (Phi) is 26.7. The standard InChI is InChI=1S/C82H89Cl2N9O8/c1-98-78(95)67-26-22-62(23-27-67)55-92(79(96)81(36-8-2-9-37-81)68-28-32-70(83)33-29-68)45-47-100-49-48-99-46-44-89-77(94)66-24-20-63(21-25-66)56-93(80(97)82(38-10-3-11-39-82)69-30-34-71(84)35-31-69)61-101-76-51-64(53-90(57-72-16-4-12-40-85-72)58-73-17-5-13-41-86-73)50-65(52-76)54-91(59-74-18-6-14-42-87-74)60-75-19-7-15-43-88-75/h4-7,12-35,40-43,50-52H,2-3,8-11,36-39,44-49,53-61H2,1H3,(H,89,94). The molecule has 0 saturated heterocycles. The number of hydrogen-bond donors (Lipinski definition) is 1. The summed E-state index contributed by atoms with van der Waals surface area (Å²) in [4.78, 5) is 83.8. The predicted molar refractivity (Wildman–Crippen MR) is 391 cm³/mol. The van der Waals surface area contributed by atoms with Crippen molar-refractivity contribution in [3.05, 3.63) is 290 Å². The highest BCUT2D eigenvalue weighted by molar-refractivity contribution is 6.30. The van der Waals surface area contributed by atoms with Gasteiger partial charge >= 0.3 is 5.97 Å². The van der Waals surface area contributed by atoms with Crippen LogP contribution in [0.15, 0.2) is 213 Å². The molecule has 19 heteroatoms. The molecule has 101 heavy (non-hydrogen) atoms. The second kappa shape index (κ2) is 36.9. The predicted octanol–water partition coefficient (Wildman–Crippen LogP) is 14.7. The van der Waals surface area contributed by atoms with Crippen molar-refractivity contribution in [3.63, 3.8) is 0 Å². The topological polar surface area (TPSA) is 182 Å². The molecular formula is C82H89Cl2N9O8. The average Bonchev–Trinajstić information content (AvgIpc) is 0.777. The van der Waals surface area contributed by atoms with Crippen LogP contribution in [0.25, 0.3) is 0 Å². The molecule has 0 bridgehead atoms. The van der Waals surface area contributed by atoms with Crippen molar-refractivity contribution in [3.8, 4) is 5.75 Å². The van der Waals surface area contributed by atoms with E-state index in [1.807, 2.05) is 180 Å². The normalized spacial score (nSPS) is 14.1. The summed E-state index contributed by atoms with van der Waals surface area (Å²) < 4.78 is 23.9. The van der Waals surface area contributed by atoms with Gasteiger partial charge in [0.2, 0.25) is 11.8 Å². The monoisotopic (exact) mass is 1400 g/mol. The molecule has 0 radical (unpaired) electrons. The number of methoxy groups -OCH3 is 1. The molecule has 2 saturated carbocycles. The summed E-state index contributed by atoms with van der Waals surface area (Å²) >= 11 is 12.8. The highest BCUT2D eigenvalue weighted by Gasteiger charge is 2.45. The summed E-state index contributed by atoms with van der Waals surface area (Å²) in [6.07, 6.45) is 15.9. The summed E-state index contributed by atoms with van der Waals surface area (Å²) in [7, 11) is 1.35. The zero-order valence-corrected chi connectivity index (χ0v) is 59.0. The molecule has 5 aromatic carbocycles. The van der Waals surface area contributed by atoms with Crippen LogP contribution in [0.1, 0.15) is 141 Å². The van der Waals surface area contributed by atoms with Crippen LogP contribution in [0.2, 0.25) is 10.0 Å².